The summed E-state index contributed by atoms with van der Waals surface area (Å²) in [5.74, 6) is 1.53. The summed E-state index contributed by atoms with van der Waals surface area (Å²) >= 11 is 3.48. The van der Waals surface area contributed by atoms with E-state index in [1.165, 1.54) is 5.56 Å². The number of halogens is 2. The number of aliphatic imine (C=N–C) groups is 1. The van der Waals surface area contributed by atoms with Crippen LogP contribution < -0.4 is 15.4 Å². The van der Waals surface area contributed by atoms with Crippen LogP contribution in [0, 0.1) is 0 Å². The number of hydrogen-bond acceptors (Lipinski definition) is 3. The summed E-state index contributed by atoms with van der Waals surface area (Å²) in [7, 11) is 3.44. The Labute approximate surface area is 180 Å². The minimum absolute atomic E-state index is 0. The highest BCUT2D eigenvalue weighted by Gasteiger charge is 2.02. The van der Waals surface area contributed by atoms with Crippen molar-refractivity contribution >= 4 is 51.6 Å². The molecule has 0 radical (unpaired) electrons. The molecule has 0 spiro atoms. The van der Waals surface area contributed by atoms with Gasteiger partial charge in [0.15, 0.2) is 5.96 Å². The van der Waals surface area contributed by atoms with E-state index in [1.54, 1.807) is 14.2 Å². The minimum Gasteiger partial charge on any atom is -0.493 e. The van der Waals surface area contributed by atoms with Crippen LogP contribution in [-0.4, -0.2) is 33.3 Å². The molecule has 2 N–H and O–H groups in total. The van der Waals surface area contributed by atoms with E-state index in [0.29, 0.717) is 25.7 Å². The molecule has 0 aromatic heterocycles. The zero-order valence-corrected chi connectivity index (χ0v) is 18.9. The SMILES string of the molecule is CN=C(NCc1cccc(Br)c1)Nc1cccc(OCCCOC)c1.I. The first-order valence-corrected chi connectivity index (χ1v) is 8.94. The summed E-state index contributed by atoms with van der Waals surface area (Å²) < 4.78 is 11.8. The Morgan fingerprint density at radius 2 is 1.92 bits per heavy atom. The zero-order chi connectivity index (χ0) is 17.9. The van der Waals surface area contributed by atoms with Crippen LogP contribution in [0.1, 0.15) is 12.0 Å². The Morgan fingerprint density at radius 1 is 1.12 bits per heavy atom. The monoisotopic (exact) mass is 533 g/mol. The largest absolute Gasteiger partial charge is 0.493 e. The van der Waals surface area contributed by atoms with Crippen molar-refractivity contribution in [3.63, 3.8) is 0 Å². The molecule has 2 aromatic carbocycles. The van der Waals surface area contributed by atoms with E-state index in [2.05, 4.69) is 43.7 Å². The molecule has 142 valence electrons. The van der Waals surface area contributed by atoms with E-state index >= 15 is 0 Å². The van der Waals surface area contributed by atoms with Crippen molar-refractivity contribution in [2.75, 3.05) is 32.7 Å². The maximum absolute atomic E-state index is 5.72. The third-order valence-corrected chi connectivity index (χ3v) is 3.92. The number of benzene rings is 2. The van der Waals surface area contributed by atoms with Gasteiger partial charge in [-0.3, -0.25) is 4.99 Å². The molecule has 7 heteroatoms. The van der Waals surface area contributed by atoms with Crippen molar-refractivity contribution < 1.29 is 9.47 Å². The fourth-order valence-electron chi connectivity index (χ4n) is 2.21. The van der Waals surface area contributed by atoms with Crippen LogP contribution in [0.4, 0.5) is 5.69 Å². The molecule has 26 heavy (non-hydrogen) atoms. The average molecular weight is 534 g/mol. The molecule has 5 nitrogen and oxygen atoms in total. The van der Waals surface area contributed by atoms with Gasteiger partial charge in [-0.2, -0.15) is 0 Å². The Kier molecular flexibility index (Phi) is 11.3. The van der Waals surface area contributed by atoms with Crippen LogP contribution in [0.2, 0.25) is 0 Å². The lowest BCUT2D eigenvalue weighted by Gasteiger charge is -2.13. The molecule has 0 bridgehead atoms. The van der Waals surface area contributed by atoms with E-state index in [9.17, 15) is 0 Å². The van der Waals surface area contributed by atoms with Crippen molar-refractivity contribution in [3.05, 3.63) is 58.6 Å². The van der Waals surface area contributed by atoms with Gasteiger partial charge in [-0.15, -0.1) is 24.0 Å². The van der Waals surface area contributed by atoms with Gasteiger partial charge >= 0.3 is 0 Å². The van der Waals surface area contributed by atoms with Gasteiger partial charge in [0, 0.05) is 50.0 Å². The normalized spacial score (nSPS) is 10.8. The maximum Gasteiger partial charge on any atom is 0.195 e. The highest BCUT2D eigenvalue weighted by Crippen LogP contribution is 2.17. The Bertz CT molecular complexity index is 698. The number of rotatable bonds is 8. The summed E-state index contributed by atoms with van der Waals surface area (Å²) in [6.07, 6.45) is 0.865. The fourth-order valence-corrected chi connectivity index (χ4v) is 2.65. The van der Waals surface area contributed by atoms with E-state index in [-0.39, 0.29) is 24.0 Å². The van der Waals surface area contributed by atoms with Crippen LogP contribution >= 0.6 is 39.9 Å². The van der Waals surface area contributed by atoms with Crippen molar-refractivity contribution in [1.82, 2.24) is 5.32 Å². The molecule has 0 saturated heterocycles. The van der Waals surface area contributed by atoms with Crippen LogP contribution in [0.5, 0.6) is 5.75 Å². The highest BCUT2D eigenvalue weighted by molar-refractivity contribution is 14.0. The molecule has 0 aliphatic rings. The quantitative estimate of drug-likeness (QED) is 0.224. The van der Waals surface area contributed by atoms with Crippen LogP contribution in [0.15, 0.2) is 58.0 Å². The first kappa shape index (κ1) is 22.7. The number of methoxy groups -OCH3 is 1. The molecule has 0 aliphatic carbocycles. The maximum atomic E-state index is 5.72. The lowest BCUT2D eigenvalue weighted by Crippen LogP contribution is -2.30. The molecule has 2 rings (SSSR count). The predicted octanol–water partition coefficient (Wildman–Crippen LogP) is 4.67. The van der Waals surface area contributed by atoms with Gasteiger partial charge in [0.1, 0.15) is 5.75 Å². The van der Waals surface area contributed by atoms with Crippen molar-refractivity contribution in [3.8, 4) is 5.75 Å². The summed E-state index contributed by atoms with van der Waals surface area (Å²) in [4.78, 5) is 4.26. The van der Waals surface area contributed by atoms with Gasteiger partial charge in [0.25, 0.3) is 0 Å². The number of nitrogens with one attached hydrogen (secondary N) is 2. The minimum atomic E-state index is 0. The van der Waals surface area contributed by atoms with E-state index in [1.807, 2.05) is 36.4 Å². The number of guanidine groups is 1. The van der Waals surface area contributed by atoms with E-state index in [0.717, 1.165) is 22.3 Å². The Hall–Kier alpha value is -1.32. The predicted molar refractivity (Wildman–Crippen MR) is 122 cm³/mol. The van der Waals surface area contributed by atoms with Crippen molar-refractivity contribution in [2.24, 2.45) is 4.99 Å². The van der Waals surface area contributed by atoms with Gasteiger partial charge in [-0.05, 0) is 29.8 Å². The summed E-state index contributed by atoms with van der Waals surface area (Å²) in [6, 6.07) is 16.0. The Balaban J connectivity index is 0.00000338. The number of nitrogens with zero attached hydrogens (tertiary/aromatic N) is 1. The van der Waals surface area contributed by atoms with Crippen LogP contribution in [-0.2, 0) is 11.3 Å². The third kappa shape index (κ3) is 8.37. The lowest BCUT2D eigenvalue weighted by atomic mass is 10.2. The van der Waals surface area contributed by atoms with Crippen molar-refractivity contribution in [2.45, 2.75) is 13.0 Å². The summed E-state index contributed by atoms with van der Waals surface area (Å²) in [5, 5.41) is 6.58. The Morgan fingerprint density at radius 3 is 2.65 bits per heavy atom. The van der Waals surface area contributed by atoms with E-state index in [4.69, 9.17) is 9.47 Å². The standard InChI is InChI=1S/C19H24BrN3O2.HI/c1-21-19(22-14-15-6-3-7-16(20)12-15)23-17-8-4-9-18(13-17)25-11-5-10-24-2;/h3-4,6-9,12-13H,5,10-11,14H2,1-2H3,(H2,21,22,23);1H. The second-order valence-electron chi connectivity index (χ2n) is 5.40. The first-order chi connectivity index (χ1) is 12.2. The third-order valence-electron chi connectivity index (χ3n) is 3.43. The number of anilines is 1. The topological polar surface area (TPSA) is 54.9 Å². The summed E-state index contributed by atoms with van der Waals surface area (Å²) in [6.45, 7) is 2.02. The second kappa shape index (κ2) is 12.9. The average Bonchev–Trinajstić information content (AvgIpc) is 2.63. The molecular formula is C19H25BrIN3O2. The zero-order valence-electron chi connectivity index (χ0n) is 15.0. The van der Waals surface area contributed by atoms with Crippen LogP contribution in [0.3, 0.4) is 0 Å². The first-order valence-electron chi connectivity index (χ1n) is 8.15. The van der Waals surface area contributed by atoms with Crippen molar-refractivity contribution in [1.29, 1.82) is 0 Å². The molecule has 0 unspecified atom stereocenters. The second-order valence-corrected chi connectivity index (χ2v) is 6.32. The molecule has 0 amide bonds. The van der Waals surface area contributed by atoms with Gasteiger partial charge in [-0.1, -0.05) is 34.1 Å². The molecule has 0 fully saturated rings. The van der Waals surface area contributed by atoms with Gasteiger partial charge in [0.05, 0.1) is 6.61 Å². The van der Waals surface area contributed by atoms with E-state index < -0.39 is 0 Å². The van der Waals surface area contributed by atoms with Gasteiger partial charge in [0.2, 0.25) is 0 Å². The fraction of sp³-hybridized carbons (Fsp3) is 0.316. The van der Waals surface area contributed by atoms with Gasteiger partial charge in [-0.25, -0.2) is 0 Å². The highest BCUT2D eigenvalue weighted by atomic mass is 127. The molecule has 0 heterocycles. The molecular weight excluding hydrogens is 509 g/mol. The smallest absolute Gasteiger partial charge is 0.195 e. The molecule has 0 aliphatic heterocycles. The van der Waals surface area contributed by atoms with Gasteiger partial charge < -0.3 is 20.1 Å². The van der Waals surface area contributed by atoms with Crippen LogP contribution in [0.25, 0.3) is 0 Å². The molecule has 0 saturated carbocycles. The number of hydrogen-bond donors (Lipinski definition) is 2. The lowest BCUT2D eigenvalue weighted by molar-refractivity contribution is 0.172. The molecule has 2 aromatic rings. The number of ether oxygens (including phenoxy) is 2. The molecule has 0 atom stereocenters. The summed E-state index contributed by atoms with van der Waals surface area (Å²) in [5.41, 5.74) is 2.10.